The Labute approximate surface area is 119 Å². The fraction of sp³-hybridized carbons (Fsp3) is 0. The van der Waals surface area contributed by atoms with Crippen LogP contribution in [0.1, 0.15) is 5.56 Å². The molecular formula is C15H10ClF2NO. The zero-order valence-electron chi connectivity index (χ0n) is 10.2. The van der Waals surface area contributed by atoms with Crippen molar-refractivity contribution in [2.45, 2.75) is 0 Å². The molecule has 102 valence electrons. The van der Waals surface area contributed by atoms with Gasteiger partial charge < -0.3 is 5.32 Å². The normalized spacial score (nSPS) is 10.8. The van der Waals surface area contributed by atoms with Gasteiger partial charge in [-0.3, -0.25) is 4.79 Å². The Morgan fingerprint density at radius 2 is 1.90 bits per heavy atom. The van der Waals surface area contributed by atoms with E-state index in [-0.39, 0.29) is 10.6 Å². The van der Waals surface area contributed by atoms with Gasteiger partial charge in [0.2, 0.25) is 5.91 Å². The number of hydrogen-bond acceptors (Lipinski definition) is 1. The van der Waals surface area contributed by atoms with Crippen LogP contribution in [0.2, 0.25) is 5.02 Å². The van der Waals surface area contributed by atoms with Gasteiger partial charge in [0.25, 0.3) is 0 Å². The molecule has 2 nitrogen and oxygen atoms in total. The second-order valence-electron chi connectivity index (χ2n) is 3.97. The van der Waals surface area contributed by atoms with Crippen LogP contribution >= 0.6 is 11.6 Å². The third kappa shape index (κ3) is 3.65. The molecule has 20 heavy (non-hydrogen) atoms. The molecule has 0 aliphatic carbocycles. The number of nitrogens with one attached hydrogen (secondary N) is 1. The van der Waals surface area contributed by atoms with Crippen LogP contribution in [-0.2, 0) is 4.79 Å². The number of carbonyl (C=O) groups is 1. The second kappa shape index (κ2) is 6.30. The van der Waals surface area contributed by atoms with Gasteiger partial charge in [0.1, 0.15) is 11.6 Å². The summed E-state index contributed by atoms with van der Waals surface area (Å²) in [7, 11) is 0. The summed E-state index contributed by atoms with van der Waals surface area (Å²) in [5.41, 5.74) is 0.447. The van der Waals surface area contributed by atoms with Crippen LogP contribution in [0.4, 0.5) is 14.5 Å². The number of anilines is 1. The Morgan fingerprint density at radius 3 is 2.60 bits per heavy atom. The van der Waals surface area contributed by atoms with Crippen molar-refractivity contribution in [3.63, 3.8) is 0 Å². The average Bonchev–Trinajstić information content (AvgIpc) is 2.38. The molecule has 0 atom stereocenters. The lowest BCUT2D eigenvalue weighted by atomic mass is 10.2. The van der Waals surface area contributed by atoms with Crippen molar-refractivity contribution in [1.82, 2.24) is 0 Å². The second-order valence-corrected chi connectivity index (χ2v) is 4.38. The van der Waals surface area contributed by atoms with Crippen molar-refractivity contribution < 1.29 is 13.6 Å². The maximum atomic E-state index is 13.5. The summed E-state index contributed by atoms with van der Waals surface area (Å²) in [6.45, 7) is 0. The van der Waals surface area contributed by atoms with E-state index in [9.17, 15) is 13.6 Å². The summed E-state index contributed by atoms with van der Waals surface area (Å²) in [5, 5.41) is 2.67. The Bertz CT molecular complexity index is 650. The van der Waals surface area contributed by atoms with E-state index in [0.717, 1.165) is 6.08 Å². The van der Waals surface area contributed by atoms with E-state index in [2.05, 4.69) is 5.32 Å². The lowest BCUT2D eigenvalue weighted by Crippen LogP contribution is -2.07. The molecule has 0 spiro atoms. The van der Waals surface area contributed by atoms with Crippen LogP contribution in [0.5, 0.6) is 0 Å². The lowest BCUT2D eigenvalue weighted by Gasteiger charge is -2.02. The van der Waals surface area contributed by atoms with Gasteiger partial charge >= 0.3 is 0 Å². The molecule has 0 bridgehead atoms. The van der Waals surface area contributed by atoms with Crippen LogP contribution in [-0.4, -0.2) is 5.91 Å². The fourth-order valence-corrected chi connectivity index (χ4v) is 1.81. The lowest BCUT2D eigenvalue weighted by molar-refractivity contribution is -0.111. The minimum absolute atomic E-state index is 0.128. The van der Waals surface area contributed by atoms with Gasteiger partial charge in [0, 0.05) is 17.3 Å². The molecule has 0 saturated carbocycles. The summed E-state index contributed by atoms with van der Waals surface area (Å²) in [6.07, 6.45) is 2.40. The Kier molecular flexibility index (Phi) is 4.48. The van der Waals surface area contributed by atoms with Gasteiger partial charge in [-0.1, -0.05) is 23.7 Å². The maximum absolute atomic E-state index is 13.5. The Hall–Kier alpha value is -2.20. The quantitative estimate of drug-likeness (QED) is 0.841. The first kappa shape index (κ1) is 14.2. The van der Waals surface area contributed by atoms with Gasteiger partial charge in [0.05, 0.1) is 5.02 Å². The standard InChI is InChI=1S/C15H10ClF2NO/c16-13-5-2-6-14(18)12(13)7-8-15(20)19-11-4-1-3-10(17)9-11/h1-9H,(H,19,20). The number of carbonyl (C=O) groups excluding carboxylic acids is 1. The SMILES string of the molecule is O=C(C=Cc1c(F)cccc1Cl)Nc1cccc(F)c1. The number of rotatable bonds is 3. The topological polar surface area (TPSA) is 29.1 Å². The molecule has 0 radical (unpaired) electrons. The monoisotopic (exact) mass is 293 g/mol. The molecule has 5 heteroatoms. The first-order valence-electron chi connectivity index (χ1n) is 5.75. The van der Waals surface area contributed by atoms with Crippen LogP contribution < -0.4 is 5.32 Å². The first-order chi connectivity index (χ1) is 9.56. The number of amides is 1. The minimum Gasteiger partial charge on any atom is -0.322 e. The fourth-order valence-electron chi connectivity index (χ4n) is 1.58. The molecule has 0 unspecified atom stereocenters. The maximum Gasteiger partial charge on any atom is 0.248 e. The smallest absolute Gasteiger partial charge is 0.248 e. The summed E-state index contributed by atoms with van der Waals surface area (Å²) in [5.74, 6) is -1.48. The molecule has 1 N–H and O–H groups in total. The van der Waals surface area contributed by atoms with Crippen LogP contribution in [0, 0.1) is 11.6 Å². The Balaban J connectivity index is 2.10. The van der Waals surface area contributed by atoms with Gasteiger partial charge in [0.15, 0.2) is 0 Å². The molecular weight excluding hydrogens is 284 g/mol. The highest BCUT2D eigenvalue weighted by atomic mass is 35.5. The van der Waals surface area contributed by atoms with Crippen molar-refractivity contribution in [3.8, 4) is 0 Å². The summed E-state index contributed by atoms with van der Waals surface area (Å²) >= 11 is 5.82. The van der Waals surface area contributed by atoms with E-state index in [4.69, 9.17) is 11.6 Å². The predicted octanol–water partition coefficient (Wildman–Crippen LogP) is 4.27. The van der Waals surface area contributed by atoms with E-state index < -0.39 is 17.5 Å². The number of halogens is 3. The first-order valence-corrected chi connectivity index (χ1v) is 6.13. The molecule has 2 aromatic carbocycles. The van der Waals surface area contributed by atoms with Gasteiger partial charge in [-0.15, -0.1) is 0 Å². The number of benzene rings is 2. The molecule has 2 aromatic rings. The van der Waals surface area contributed by atoms with Crippen molar-refractivity contribution in [3.05, 3.63) is 70.8 Å². The molecule has 0 aromatic heterocycles. The zero-order chi connectivity index (χ0) is 14.5. The predicted molar refractivity (Wildman–Crippen MR) is 75.5 cm³/mol. The van der Waals surface area contributed by atoms with E-state index in [1.165, 1.54) is 42.5 Å². The molecule has 0 heterocycles. The highest BCUT2D eigenvalue weighted by Gasteiger charge is 2.04. The molecule has 0 aliphatic rings. The summed E-state index contributed by atoms with van der Waals surface area (Å²) in [6, 6.07) is 9.71. The average molecular weight is 294 g/mol. The third-order valence-corrected chi connectivity index (χ3v) is 2.82. The Morgan fingerprint density at radius 1 is 1.15 bits per heavy atom. The highest BCUT2D eigenvalue weighted by molar-refractivity contribution is 6.32. The van der Waals surface area contributed by atoms with Gasteiger partial charge in [-0.05, 0) is 36.4 Å². The van der Waals surface area contributed by atoms with Crippen molar-refractivity contribution >= 4 is 29.3 Å². The van der Waals surface area contributed by atoms with Crippen molar-refractivity contribution in [1.29, 1.82) is 0 Å². The number of hydrogen-bond donors (Lipinski definition) is 1. The van der Waals surface area contributed by atoms with Crippen molar-refractivity contribution in [2.75, 3.05) is 5.32 Å². The molecule has 1 amide bonds. The van der Waals surface area contributed by atoms with Crippen LogP contribution in [0.15, 0.2) is 48.5 Å². The molecule has 0 aliphatic heterocycles. The van der Waals surface area contributed by atoms with Gasteiger partial charge in [-0.2, -0.15) is 0 Å². The van der Waals surface area contributed by atoms with Crippen LogP contribution in [0.25, 0.3) is 6.08 Å². The third-order valence-electron chi connectivity index (χ3n) is 2.49. The van der Waals surface area contributed by atoms with E-state index in [1.807, 2.05) is 0 Å². The minimum atomic E-state index is -0.521. The van der Waals surface area contributed by atoms with E-state index >= 15 is 0 Å². The largest absolute Gasteiger partial charge is 0.322 e. The van der Waals surface area contributed by atoms with Crippen LogP contribution in [0.3, 0.4) is 0 Å². The van der Waals surface area contributed by atoms with Crippen molar-refractivity contribution in [2.24, 2.45) is 0 Å². The zero-order valence-corrected chi connectivity index (χ0v) is 11.0. The molecule has 2 rings (SSSR count). The van der Waals surface area contributed by atoms with Gasteiger partial charge in [-0.25, -0.2) is 8.78 Å². The van der Waals surface area contributed by atoms with E-state index in [1.54, 1.807) is 6.07 Å². The molecule has 0 saturated heterocycles. The summed E-state index contributed by atoms with van der Waals surface area (Å²) < 4.78 is 26.4. The van der Waals surface area contributed by atoms with E-state index in [0.29, 0.717) is 5.69 Å². The molecule has 0 fully saturated rings. The summed E-state index contributed by atoms with van der Waals surface area (Å²) in [4.78, 5) is 11.6. The highest BCUT2D eigenvalue weighted by Crippen LogP contribution is 2.20.